The number of hydrogen-bond acceptors (Lipinski definition) is 7. The van der Waals surface area contributed by atoms with Crippen molar-refractivity contribution < 1.29 is 24.1 Å². The number of ether oxygens (including phenoxy) is 3. The molecule has 0 unspecified atom stereocenters. The van der Waals surface area contributed by atoms with Crippen LogP contribution < -0.4 is 9.64 Å². The molecule has 0 aliphatic carbocycles. The van der Waals surface area contributed by atoms with E-state index in [0.717, 1.165) is 44.7 Å². The minimum atomic E-state index is -1.22. The molecule has 1 N–H and O–H groups in total. The molecular formula is C33H40ClN4O5S+. The predicted molar refractivity (Wildman–Crippen MR) is 178 cm³/mol. The third-order valence-electron chi connectivity index (χ3n) is 7.53. The molecule has 1 atom stereocenters. The van der Waals surface area contributed by atoms with Crippen LogP contribution in [0.5, 0.6) is 5.75 Å². The fraction of sp³-hybridized carbons (Fsp3) is 0.424. The van der Waals surface area contributed by atoms with E-state index in [-0.39, 0.29) is 6.79 Å². The van der Waals surface area contributed by atoms with Gasteiger partial charge in [-0.25, -0.2) is 14.8 Å². The van der Waals surface area contributed by atoms with Gasteiger partial charge in [0.2, 0.25) is 5.95 Å². The zero-order chi connectivity index (χ0) is 31.8. The Morgan fingerprint density at radius 1 is 1.11 bits per heavy atom. The van der Waals surface area contributed by atoms with E-state index in [2.05, 4.69) is 44.9 Å². The number of carboxylic acid groups (broad SMARTS) is 1. The van der Waals surface area contributed by atoms with E-state index in [1.165, 1.54) is 0 Å². The Balaban J connectivity index is 1.64. The van der Waals surface area contributed by atoms with Crippen LogP contribution in [0.15, 0.2) is 42.7 Å². The maximum absolute atomic E-state index is 12.9. The molecule has 0 radical (unpaired) electrons. The maximum Gasteiger partial charge on any atom is 0.337 e. The van der Waals surface area contributed by atoms with E-state index in [0.29, 0.717) is 52.9 Å². The summed E-state index contributed by atoms with van der Waals surface area (Å²) in [5, 5.41) is 12.1. The number of carboxylic acids is 1. The molecule has 0 saturated carbocycles. The van der Waals surface area contributed by atoms with Gasteiger partial charge in [-0.3, -0.25) is 0 Å². The molecule has 11 heteroatoms. The molecule has 4 aromatic rings. The van der Waals surface area contributed by atoms with E-state index >= 15 is 0 Å². The summed E-state index contributed by atoms with van der Waals surface area (Å²) in [5.74, 6) is 0.951. The number of aliphatic carboxylic acids is 1. The smallest absolute Gasteiger partial charge is 0.337 e. The summed E-state index contributed by atoms with van der Waals surface area (Å²) in [4.78, 5) is 24.3. The van der Waals surface area contributed by atoms with Crippen LogP contribution in [0.25, 0.3) is 22.0 Å². The molecule has 44 heavy (non-hydrogen) atoms. The number of benzene rings is 2. The average molecular weight is 640 g/mol. The topological polar surface area (TPSA) is 98.9 Å². The first kappa shape index (κ1) is 32.1. The van der Waals surface area contributed by atoms with E-state index in [9.17, 15) is 9.90 Å². The summed E-state index contributed by atoms with van der Waals surface area (Å²) in [7, 11) is 0.318. The third-order valence-corrected chi connectivity index (χ3v) is 8.77. The lowest BCUT2D eigenvalue weighted by atomic mass is 9.87. The predicted octanol–water partition coefficient (Wildman–Crippen LogP) is 6.69. The highest BCUT2D eigenvalue weighted by molar-refractivity contribution is 7.95. The fourth-order valence-corrected chi connectivity index (χ4v) is 6.23. The van der Waals surface area contributed by atoms with Gasteiger partial charge < -0.3 is 28.8 Å². The highest BCUT2D eigenvalue weighted by atomic mass is 35.5. The molecule has 2 aromatic heterocycles. The van der Waals surface area contributed by atoms with Crippen molar-refractivity contribution in [3.05, 3.63) is 64.6 Å². The van der Waals surface area contributed by atoms with Crippen molar-refractivity contribution >= 4 is 51.0 Å². The largest absolute Gasteiger partial charge is 0.479 e. The number of aromatic nitrogens is 3. The van der Waals surface area contributed by atoms with E-state index < -0.39 is 17.7 Å². The molecule has 0 bridgehead atoms. The van der Waals surface area contributed by atoms with E-state index in [1.54, 1.807) is 12.4 Å². The molecule has 234 valence electrons. The SMILES string of the molecule is Cc1c([C@H](OC(C)(C)C)C(=O)O)c(-c2ccc(Cl)cc2)c2cc(C)n3c2c1N(c1ncc(OCOCC[S+](C)C)cn1)CC3. The lowest BCUT2D eigenvalue weighted by Crippen LogP contribution is -2.32. The first-order chi connectivity index (χ1) is 20.9. The monoisotopic (exact) mass is 639 g/mol. The Kier molecular flexibility index (Phi) is 9.46. The first-order valence-corrected chi connectivity index (χ1v) is 17.1. The van der Waals surface area contributed by atoms with Gasteiger partial charge in [-0.2, -0.15) is 0 Å². The van der Waals surface area contributed by atoms with Gasteiger partial charge in [0, 0.05) is 34.8 Å². The molecule has 5 rings (SSSR count). The summed E-state index contributed by atoms with van der Waals surface area (Å²) in [5.41, 5.74) is 5.32. The van der Waals surface area contributed by atoms with Crippen molar-refractivity contribution in [2.24, 2.45) is 0 Å². The van der Waals surface area contributed by atoms with Gasteiger partial charge in [-0.05, 0) is 80.4 Å². The molecule has 0 fully saturated rings. The van der Waals surface area contributed by atoms with Crippen molar-refractivity contribution in [2.75, 3.05) is 43.1 Å². The number of hydrogen-bond donors (Lipinski definition) is 1. The highest BCUT2D eigenvalue weighted by Crippen LogP contribution is 2.49. The molecule has 3 heterocycles. The Morgan fingerprint density at radius 3 is 2.41 bits per heavy atom. The van der Waals surface area contributed by atoms with Gasteiger partial charge >= 0.3 is 5.97 Å². The summed E-state index contributed by atoms with van der Waals surface area (Å²) in [6.07, 6.45) is 6.43. The van der Waals surface area contributed by atoms with Gasteiger partial charge in [0.15, 0.2) is 18.6 Å². The van der Waals surface area contributed by atoms with E-state index in [4.69, 9.17) is 25.8 Å². The lowest BCUT2D eigenvalue weighted by molar-refractivity contribution is -0.160. The summed E-state index contributed by atoms with van der Waals surface area (Å²) in [6, 6.07) is 9.64. The van der Waals surface area contributed by atoms with Crippen molar-refractivity contribution in [1.82, 2.24) is 14.5 Å². The van der Waals surface area contributed by atoms with Crippen molar-refractivity contribution in [2.45, 2.75) is 52.9 Å². The average Bonchev–Trinajstić information content (AvgIpc) is 3.30. The van der Waals surface area contributed by atoms with Crippen LogP contribution in [0.1, 0.15) is 43.7 Å². The van der Waals surface area contributed by atoms with Crippen molar-refractivity contribution in [3.8, 4) is 16.9 Å². The number of carbonyl (C=O) groups is 1. The summed E-state index contributed by atoms with van der Waals surface area (Å²) in [6.45, 7) is 11.7. The zero-order valence-electron chi connectivity index (χ0n) is 26.3. The van der Waals surface area contributed by atoms with Crippen LogP contribution in [-0.2, 0) is 31.7 Å². The molecular weight excluding hydrogens is 600 g/mol. The van der Waals surface area contributed by atoms with E-state index in [1.807, 2.05) is 52.0 Å². The first-order valence-electron chi connectivity index (χ1n) is 14.5. The second kappa shape index (κ2) is 13.0. The van der Waals surface area contributed by atoms with Crippen molar-refractivity contribution in [3.63, 3.8) is 0 Å². The number of rotatable bonds is 11. The van der Waals surface area contributed by atoms with Gasteiger partial charge in [0.05, 0.1) is 48.3 Å². The maximum atomic E-state index is 12.9. The van der Waals surface area contributed by atoms with Crippen molar-refractivity contribution in [1.29, 1.82) is 0 Å². The van der Waals surface area contributed by atoms with Gasteiger partial charge in [0.1, 0.15) is 5.75 Å². The number of nitrogens with zero attached hydrogens (tertiary/aromatic N) is 4. The third kappa shape index (κ3) is 6.68. The number of halogens is 1. The second-order valence-corrected chi connectivity index (χ2v) is 15.0. The van der Waals surface area contributed by atoms with Crippen LogP contribution in [-0.4, -0.2) is 69.4 Å². The van der Waals surface area contributed by atoms with Crippen LogP contribution in [0, 0.1) is 13.8 Å². The molecule has 9 nitrogen and oxygen atoms in total. The Labute approximate surface area is 266 Å². The standard InChI is InChI=1S/C33H39ClN4O5S/c1-20-16-25-27(22-8-10-23(34)11-9-22)26(30(31(39)40)43-33(3,4)5)21(2)28-29(25)37(20)12-13-38(28)32-35-17-24(18-36-32)42-19-41-14-15-44(6)7/h8-11,16-18,30H,12-15,19H2,1-7H3/p+1/t30-/m0/s1. The van der Waals surface area contributed by atoms with Gasteiger partial charge in [-0.15, -0.1) is 0 Å². The molecule has 0 saturated heterocycles. The molecule has 0 spiro atoms. The minimum Gasteiger partial charge on any atom is -0.479 e. The fourth-order valence-electron chi connectivity index (χ4n) is 5.65. The quantitative estimate of drug-likeness (QED) is 0.110. The zero-order valence-corrected chi connectivity index (χ0v) is 27.9. The lowest BCUT2D eigenvalue weighted by Gasteiger charge is -2.35. The van der Waals surface area contributed by atoms with Crippen LogP contribution in [0.4, 0.5) is 11.6 Å². The van der Waals surface area contributed by atoms with Gasteiger partial charge in [0.25, 0.3) is 0 Å². The summed E-state index contributed by atoms with van der Waals surface area (Å²) < 4.78 is 19.8. The molecule has 2 aromatic carbocycles. The summed E-state index contributed by atoms with van der Waals surface area (Å²) >= 11 is 6.27. The Hall–Kier alpha value is -3.31. The second-order valence-electron chi connectivity index (χ2n) is 12.1. The van der Waals surface area contributed by atoms with Crippen LogP contribution in [0.3, 0.4) is 0 Å². The Morgan fingerprint density at radius 2 is 1.80 bits per heavy atom. The normalized spacial score (nSPS) is 14.0. The van der Waals surface area contributed by atoms with Gasteiger partial charge in [-0.1, -0.05) is 23.7 Å². The van der Waals surface area contributed by atoms with Crippen LogP contribution >= 0.6 is 11.6 Å². The Bertz CT molecular complexity index is 1650. The molecule has 1 aliphatic rings. The number of anilines is 2. The number of aryl methyl sites for hydroxylation is 1. The van der Waals surface area contributed by atoms with Crippen LogP contribution in [0.2, 0.25) is 5.02 Å². The highest BCUT2D eigenvalue weighted by Gasteiger charge is 2.36. The minimum absolute atomic E-state index is 0.135. The molecule has 0 amide bonds. The molecule has 1 aliphatic heterocycles.